The van der Waals surface area contributed by atoms with Crippen LogP contribution in [0.15, 0.2) is 15.9 Å². The van der Waals surface area contributed by atoms with Crippen LogP contribution >= 0.6 is 27.3 Å². The van der Waals surface area contributed by atoms with Gasteiger partial charge in [0.15, 0.2) is 6.29 Å². The average Bonchev–Trinajstić information content (AvgIpc) is 2.67. The molecule has 0 aliphatic carbocycles. The van der Waals surface area contributed by atoms with Gasteiger partial charge in [-0.3, -0.25) is 0 Å². The first-order valence-electron chi connectivity index (χ1n) is 5.37. The number of hydrogen-bond acceptors (Lipinski definition) is 4. The number of halogens is 1. The monoisotopic (exact) mass is 307 g/mol. The van der Waals surface area contributed by atoms with Crippen LogP contribution in [0.3, 0.4) is 0 Å². The maximum Gasteiger partial charge on any atom is 0.177 e. The van der Waals surface area contributed by atoms with E-state index >= 15 is 0 Å². The highest BCUT2D eigenvalue weighted by atomic mass is 79.9. The Labute approximate surface area is 109 Å². The van der Waals surface area contributed by atoms with E-state index in [0.717, 1.165) is 4.47 Å². The van der Waals surface area contributed by atoms with Crippen LogP contribution in [0.5, 0.6) is 0 Å². The first-order valence-corrected chi connectivity index (χ1v) is 7.05. The van der Waals surface area contributed by atoms with Crippen molar-refractivity contribution in [3.63, 3.8) is 0 Å². The Morgan fingerprint density at radius 3 is 2.38 bits per heavy atom. The fourth-order valence-corrected chi connectivity index (χ4v) is 3.23. The predicted octanol–water partition coefficient (Wildman–Crippen LogP) is 3.17. The Morgan fingerprint density at radius 1 is 1.38 bits per heavy atom. The molecule has 1 heterocycles. The van der Waals surface area contributed by atoms with Gasteiger partial charge < -0.3 is 14.8 Å². The van der Waals surface area contributed by atoms with Crippen molar-refractivity contribution in [2.75, 3.05) is 20.3 Å². The van der Waals surface area contributed by atoms with Crippen molar-refractivity contribution >= 4 is 27.3 Å². The van der Waals surface area contributed by atoms with E-state index in [0.29, 0.717) is 13.2 Å². The number of ether oxygens (including phenoxy) is 2. The Balaban J connectivity index is 2.81. The molecule has 1 N–H and O–H groups in total. The lowest BCUT2D eigenvalue weighted by Crippen LogP contribution is -2.33. The van der Waals surface area contributed by atoms with Gasteiger partial charge in [-0.15, -0.1) is 11.3 Å². The van der Waals surface area contributed by atoms with E-state index in [-0.39, 0.29) is 12.3 Å². The maximum absolute atomic E-state index is 5.62. The molecule has 0 aliphatic rings. The summed E-state index contributed by atoms with van der Waals surface area (Å²) in [5, 5.41) is 5.30. The minimum atomic E-state index is -0.241. The zero-order chi connectivity index (χ0) is 12.0. The van der Waals surface area contributed by atoms with Crippen molar-refractivity contribution in [2.24, 2.45) is 0 Å². The lowest BCUT2D eigenvalue weighted by atomic mass is 10.2. The van der Waals surface area contributed by atoms with Crippen molar-refractivity contribution in [1.82, 2.24) is 5.32 Å². The summed E-state index contributed by atoms with van der Waals surface area (Å²) in [7, 11) is 1.92. The molecular formula is C11H18BrNO2S. The lowest BCUT2D eigenvalue weighted by Gasteiger charge is -2.26. The van der Waals surface area contributed by atoms with Gasteiger partial charge in [-0.1, -0.05) is 0 Å². The normalized spacial score (nSPS) is 13.3. The summed E-state index contributed by atoms with van der Waals surface area (Å²) in [5.74, 6) is 0. The van der Waals surface area contributed by atoms with Gasteiger partial charge in [-0.05, 0) is 48.3 Å². The molecule has 1 rings (SSSR count). The zero-order valence-electron chi connectivity index (χ0n) is 9.83. The molecule has 1 aromatic heterocycles. The van der Waals surface area contributed by atoms with Crippen LogP contribution in [0.25, 0.3) is 0 Å². The topological polar surface area (TPSA) is 30.5 Å². The highest BCUT2D eigenvalue weighted by Crippen LogP contribution is 2.32. The van der Waals surface area contributed by atoms with Crippen LogP contribution in [-0.4, -0.2) is 26.6 Å². The van der Waals surface area contributed by atoms with Gasteiger partial charge in [0.1, 0.15) is 0 Å². The molecule has 5 heteroatoms. The molecule has 3 nitrogen and oxygen atoms in total. The fourth-order valence-electron chi connectivity index (χ4n) is 1.49. The maximum atomic E-state index is 5.62. The minimum Gasteiger partial charge on any atom is -0.351 e. The summed E-state index contributed by atoms with van der Waals surface area (Å²) in [5.41, 5.74) is 0. The molecule has 0 fully saturated rings. The summed E-state index contributed by atoms with van der Waals surface area (Å²) in [4.78, 5) is 1.20. The van der Waals surface area contributed by atoms with Crippen LogP contribution < -0.4 is 5.32 Å². The van der Waals surface area contributed by atoms with Crippen LogP contribution in [0, 0.1) is 0 Å². The second-order valence-electron chi connectivity index (χ2n) is 3.18. The van der Waals surface area contributed by atoms with Crippen molar-refractivity contribution in [2.45, 2.75) is 26.2 Å². The third-order valence-electron chi connectivity index (χ3n) is 2.17. The van der Waals surface area contributed by atoms with E-state index < -0.39 is 0 Å². The number of rotatable bonds is 7. The quantitative estimate of drug-likeness (QED) is 0.785. The van der Waals surface area contributed by atoms with E-state index in [1.165, 1.54) is 4.88 Å². The Morgan fingerprint density at radius 2 is 2.00 bits per heavy atom. The summed E-state index contributed by atoms with van der Waals surface area (Å²) >= 11 is 5.23. The molecule has 0 aliphatic heterocycles. The first-order chi connectivity index (χ1) is 7.74. The van der Waals surface area contributed by atoms with Gasteiger partial charge in [0.05, 0.1) is 6.04 Å². The average molecular weight is 308 g/mol. The molecule has 0 radical (unpaired) electrons. The van der Waals surface area contributed by atoms with Gasteiger partial charge in [-0.25, -0.2) is 0 Å². The van der Waals surface area contributed by atoms with Gasteiger partial charge in [0.2, 0.25) is 0 Å². The third-order valence-corrected chi connectivity index (χ3v) is 4.13. The Kier molecular flexibility index (Phi) is 6.53. The lowest BCUT2D eigenvalue weighted by molar-refractivity contribution is -0.153. The van der Waals surface area contributed by atoms with Crippen LogP contribution in [0.2, 0.25) is 0 Å². The van der Waals surface area contributed by atoms with Crippen molar-refractivity contribution in [3.05, 3.63) is 20.8 Å². The summed E-state index contributed by atoms with van der Waals surface area (Å²) in [6.45, 7) is 5.24. The van der Waals surface area contributed by atoms with Crippen molar-refractivity contribution < 1.29 is 9.47 Å². The Hall–Kier alpha value is 0.0600. The molecule has 16 heavy (non-hydrogen) atoms. The molecule has 0 saturated heterocycles. The SMILES string of the molecule is CCOC(OCC)C(NC)c1sccc1Br. The van der Waals surface area contributed by atoms with E-state index in [1.807, 2.05) is 27.0 Å². The summed E-state index contributed by atoms with van der Waals surface area (Å²) in [6, 6.07) is 2.11. The van der Waals surface area contributed by atoms with Gasteiger partial charge >= 0.3 is 0 Å². The van der Waals surface area contributed by atoms with Crippen molar-refractivity contribution in [3.8, 4) is 0 Å². The molecule has 1 unspecified atom stereocenters. The first kappa shape index (κ1) is 14.1. The summed E-state index contributed by atoms with van der Waals surface area (Å²) < 4.78 is 12.3. The van der Waals surface area contributed by atoms with Crippen LogP contribution in [0.4, 0.5) is 0 Å². The fraction of sp³-hybridized carbons (Fsp3) is 0.636. The van der Waals surface area contributed by atoms with Crippen LogP contribution in [0.1, 0.15) is 24.8 Å². The van der Waals surface area contributed by atoms with Crippen LogP contribution in [-0.2, 0) is 9.47 Å². The number of thiophene rings is 1. The second-order valence-corrected chi connectivity index (χ2v) is 4.98. The Bertz CT molecular complexity index is 300. The zero-order valence-corrected chi connectivity index (χ0v) is 12.2. The highest BCUT2D eigenvalue weighted by Gasteiger charge is 2.25. The number of nitrogens with one attached hydrogen (secondary N) is 1. The molecular weight excluding hydrogens is 290 g/mol. The van der Waals surface area contributed by atoms with E-state index in [9.17, 15) is 0 Å². The highest BCUT2D eigenvalue weighted by molar-refractivity contribution is 9.10. The summed E-state index contributed by atoms with van der Waals surface area (Å²) in [6.07, 6.45) is -0.241. The molecule has 0 spiro atoms. The third kappa shape index (κ3) is 3.53. The molecule has 92 valence electrons. The molecule has 1 atom stereocenters. The van der Waals surface area contributed by atoms with Gasteiger partial charge in [0.25, 0.3) is 0 Å². The van der Waals surface area contributed by atoms with Crippen molar-refractivity contribution in [1.29, 1.82) is 0 Å². The van der Waals surface area contributed by atoms with E-state index in [1.54, 1.807) is 11.3 Å². The second kappa shape index (κ2) is 7.40. The largest absolute Gasteiger partial charge is 0.351 e. The van der Waals surface area contributed by atoms with E-state index in [2.05, 4.69) is 26.6 Å². The predicted molar refractivity (Wildman–Crippen MR) is 70.9 cm³/mol. The molecule has 0 saturated carbocycles. The number of likely N-dealkylation sites (N-methyl/N-ethyl adjacent to an activating group) is 1. The number of hydrogen-bond donors (Lipinski definition) is 1. The molecule has 0 bridgehead atoms. The molecule has 0 amide bonds. The standard InChI is InChI=1S/C11H18BrNO2S/c1-4-14-11(15-5-2)9(13-3)10-8(12)6-7-16-10/h6-7,9,11,13H,4-5H2,1-3H3. The van der Waals surface area contributed by atoms with E-state index in [4.69, 9.17) is 9.47 Å². The van der Waals surface area contributed by atoms with Gasteiger partial charge in [0, 0.05) is 22.6 Å². The minimum absolute atomic E-state index is 0.0641. The molecule has 0 aromatic carbocycles. The molecule has 1 aromatic rings. The van der Waals surface area contributed by atoms with Gasteiger partial charge in [-0.2, -0.15) is 0 Å². The smallest absolute Gasteiger partial charge is 0.177 e.